The van der Waals surface area contributed by atoms with Crippen molar-refractivity contribution in [2.24, 2.45) is 0 Å². The summed E-state index contributed by atoms with van der Waals surface area (Å²) in [5.74, 6) is 0.974. The SMILES string of the molecule is C(=Cc1nnc(/C=C/c2ccccc2)nn1)c1ccccc1. The molecule has 0 amide bonds. The molecule has 1 heterocycles. The molecule has 0 unspecified atom stereocenters. The molecule has 0 aliphatic heterocycles. The normalized spacial score (nSPS) is 11.3. The highest BCUT2D eigenvalue weighted by molar-refractivity contribution is 5.67. The molecule has 3 aromatic rings. The Kier molecular flexibility index (Phi) is 4.42. The molecule has 22 heavy (non-hydrogen) atoms. The first-order chi connectivity index (χ1) is 10.9. The Morgan fingerprint density at radius 3 is 1.18 bits per heavy atom. The van der Waals surface area contributed by atoms with Crippen LogP contribution in [0.25, 0.3) is 24.3 Å². The van der Waals surface area contributed by atoms with Gasteiger partial charge >= 0.3 is 0 Å². The molecule has 0 radical (unpaired) electrons. The van der Waals surface area contributed by atoms with Crippen molar-refractivity contribution in [2.75, 3.05) is 0 Å². The van der Waals surface area contributed by atoms with Crippen molar-refractivity contribution in [1.29, 1.82) is 0 Å². The third kappa shape index (κ3) is 3.93. The number of aromatic nitrogens is 4. The summed E-state index contributed by atoms with van der Waals surface area (Å²) in [4.78, 5) is 0. The Morgan fingerprint density at radius 2 is 0.818 bits per heavy atom. The molecule has 4 heteroatoms. The zero-order valence-corrected chi connectivity index (χ0v) is 11.9. The number of benzene rings is 2. The van der Waals surface area contributed by atoms with E-state index in [-0.39, 0.29) is 0 Å². The second-order valence-corrected chi connectivity index (χ2v) is 4.60. The Labute approximate surface area is 128 Å². The Morgan fingerprint density at radius 1 is 0.455 bits per heavy atom. The van der Waals surface area contributed by atoms with Gasteiger partial charge in [0, 0.05) is 0 Å². The van der Waals surface area contributed by atoms with E-state index in [1.165, 1.54) is 0 Å². The minimum atomic E-state index is 0.487. The van der Waals surface area contributed by atoms with Gasteiger partial charge in [-0.3, -0.25) is 0 Å². The maximum absolute atomic E-state index is 4.04. The van der Waals surface area contributed by atoms with Crippen molar-refractivity contribution in [1.82, 2.24) is 20.4 Å². The van der Waals surface area contributed by atoms with Crippen LogP contribution in [0.1, 0.15) is 22.8 Å². The molecule has 0 saturated heterocycles. The summed E-state index contributed by atoms with van der Waals surface area (Å²) in [7, 11) is 0. The van der Waals surface area contributed by atoms with Gasteiger partial charge in [0.2, 0.25) is 0 Å². The molecule has 0 bridgehead atoms. The molecule has 0 fully saturated rings. The second-order valence-electron chi connectivity index (χ2n) is 4.60. The first kappa shape index (κ1) is 13.8. The lowest BCUT2D eigenvalue weighted by molar-refractivity contribution is 0.827. The quantitative estimate of drug-likeness (QED) is 0.735. The van der Waals surface area contributed by atoms with E-state index in [1.807, 2.05) is 72.8 Å². The summed E-state index contributed by atoms with van der Waals surface area (Å²) in [6.07, 6.45) is 7.44. The predicted octanol–water partition coefficient (Wildman–Crippen LogP) is 3.61. The monoisotopic (exact) mass is 286 g/mol. The van der Waals surface area contributed by atoms with Crippen molar-refractivity contribution < 1.29 is 0 Å². The van der Waals surface area contributed by atoms with Gasteiger partial charge in [-0.15, -0.1) is 20.4 Å². The molecular weight excluding hydrogens is 272 g/mol. The summed E-state index contributed by atoms with van der Waals surface area (Å²) in [6.45, 7) is 0. The van der Waals surface area contributed by atoms with Gasteiger partial charge < -0.3 is 0 Å². The van der Waals surface area contributed by atoms with Gasteiger partial charge in [-0.25, -0.2) is 0 Å². The molecule has 0 aliphatic carbocycles. The Balaban J connectivity index is 1.68. The number of rotatable bonds is 4. The molecule has 106 valence electrons. The van der Waals surface area contributed by atoms with Gasteiger partial charge in [-0.1, -0.05) is 72.8 Å². The first-order valence-electron chi connectivity index (χ1n) is 6.94. The zero-order valence-electron chi connectivity index (χ0n) is 11.9. The molecule has 0 aliphatic rings. The van der Waals surface area contributed by atoms with Crippen LogP contribution in [0.3, 0.4) is 0 Å². The molecule has 3 rings (SSSR count). The van der Waals surface area contributed by atoms with Gasteiger partial charge in [-0.2, -0.15) is 0 Å². The predicted molar refractivity (Wildman–Crippen MR) is 88.4 cm³/mol. The van der Waals surface area contributed by atoms with Gasteiger partial charge in [0.05, 0.1) is 0 Å². The molecule has 0 atom stereocenters. The van der Waals surface area contributed by atoms with E-state index in [0.29, 0.717) is 11.6 Å². The summed E-state index contributed by atoms with van der Waals surface area (Å²) < 4.78 is 0. The lowest BCUT2D eigenvalue weighted by Crippen LogP contribution is -1.98. The van der Waals surface area contributed by atoms with E-state index in [4.69, 9.17) is 0 Å². The smallest absolute Gasteiger partial charge is 0.126 e. The van der Waals surface area contributed by atoms with Gasteiger partial charge in [0.25, 0.3) is 0 Å². The minimum Gasteiger partial charge on any atom is -0.126 e. The van der Waals surface area contributed by atoms with Crippen LogP contribution in [-0.2, 0) is 0 Å². The topological polar surface area (TPSA) is 51.6 Å². The largest absolute Gasteiger partial charge is 0.196 e. The summed E-state index contributed by atoms with van der Waals surface area (Å²) in [5.41, 5.74) is 2.17. The van der Waals surface area contributed by atoms with Crippen LogP contribution in [0.4, 0.5) is 0 Å². The average Bonchev–Trinajstić information content (AvgIpc) is 2.61. The Hall–Kier alpha value is -3.14. The van der Waals surface area contributed by atoms with Crippen molar-refractivity contribution in [2.45, 2.75) is 0 Å². The van der Waals surface area contributed by atoms with Crippen LogP contribution in [0.15, 0.2) is 60.7 Å². The molecule has 0 saturated carbocycles. The highest BCUT2D eigenvalue weighted by Gasteiger charge is 1.95. The number of hydrogen-bond acceptors (Lipinski definition) is 4. The van der Waals surface area contributed by atoms with E-state index in [0.717, 1.165) is 11.1 Å². The van der Waals surface area contributed by atoms with E-state index >= 15 is 0 Å². The fourth-order valence-corrected chi connectivity index (χ4v) is 1.85. The highest BCUT2D eigenvalue weighted by atomic mass is 15.3. The molecular formula is C18H14N4. The van der Waals surface area contributed by atoms with E-state index in [2.05, 4.69) is 20.4 Å². The van der Waals surface area contributed by atoms with Crippen molar-refractivity contribution >= 4 is 24.3 Å². The maximum atomic E-state index is 4.04. The lowest BCUT2D eigenvalue weighted by Gasteiger charge is -1.93. The molecule has 2 aromatic carbocycles. The minimum absolute atomic E-state index is 0.487. The maximum Gasteiger partial charge on any atom is 0.196 e. The van der Waals surface area contributed by atoms with Crippen LogP contribution < -0.4 is 0 Å². The van der Waals surface area contributed by atoms with E-state index in [9.17, 15) is 0 Å². The fraction of sp³-hybridized carbons (Fsp3) is 0. The third-order valence-corrected chi connectivity index (χ3v) is 2.96. The molecule has 0 spiro atoms. The van der Waals surface area contributed by atoms with E-state index in [1.54, 1.807) is 12.2 Å². The molecule has 0 N–H and O–H groups in total. The molecule has 4 nitrogen and oxygen atoms in total. The van der Waals surface area contributed by atoms with Gasteiger partial charge in [0.1, 0.15) is 0 Å². The fourth-order valence-electron chi connectivity index (χ4n) is 1.85. The second kappa shape index (κ2) is 7.04. The summed E-state index contributed by atoms with van der Waals surface area (Å²) in [6, 6.07) is 19.9. The first-order valence-corrected chi connectivity index (χ1v) is 6.94. The van der Waals surface area contributed by atoms with Crippen LogP contribution in [0.5, 0.6) is 0 Å². The van der Waals surface area contributed by atoms with Crippen LogP contribution >= 0.6 is 0 Å². The van der Waals surface area contributed by atoms with Crippen molar-refractivity contribution in [3.63, 3.8) is 0 Å². The average molecular weight is 286 g/mol. The van der Waals surface area contributed by atoms with Crippen LogP contribution in [0.2, 0.25) is 0 Å². The third-order valence-electron chi connectivity index (χ3n) is 2.96. The molecule has 1 aromatic heterocycles. The highest BCUT2D eigenvalue weighted by Crippen LogP contribution is 2.05. The standard InChI is InChI=1S/C18H14N4/c1-3-7-15(8-4-1)11-13-17-19-21-18(22-20-17)14-12-16-9-5-2-6-10-16/h1-14H/b13-11+,14-12?. The number of nitrogens with zero attached hydrogens (tertiary/aromatic N) is 4. The summed E-state index contributed by atoms with van der Waals surface area (Å²) >= 11 is 0. The van der Waals surface area contributed by atoms with Crippen LogP contribution in [0, 0.1) is 0 Å². The lowest BCUT2D eigenvalue weighted by atomic mass is 10.2. The zero-order chi connectivity index (χ0) is 15.0. The van der Waals surface area contributed by atoms with E-state index < -0.39 is 0 Å². The van der Waals surface area contributed by atoms with Crippen molar-refractivity contribution in [3.05, 3.63) is 83.4 Å². The van der Waals surface area contributed by atoms with Gasteiger partial charge in [0.15, 0.2) is 11.6 Å². The van der Waals surface area contributed by atoms with Crippen molar-refractivity contribution in [3.8, 4) is 0 Å². The number of hydrogen-bond donors (Lipinski definition) is 0. The Bertz CT molecular complexity index is 695. The van der Waals surface area contributed by atoms with Crippen LogP contribution in [-0.4, -0.2) is 20.4 Å². The van der Waals surface area contributed by atoms with Gasteiger partial charge in [-0.05, 0) is 23.3 Å². The summed E-state index contributed by atoms with van der Waals surface area (Å²) in [5, 5.41) is 16.2.